The van der Waals surface area contributed by atoms with Gasteiger partial charge in [-0.1, -0.05) is 30.3 Å². The molecule has 1 heterocycles. The van der Waals surface area contributed by atoms with E-state index in [2.05, 4.69) is 24.3 Å². The van der Waals surface area contributed by atoms with Crippen LogP contribution >= 0.6 is 0 Å². The number of rotatable bonds is 1. The molecule has 0 saturated carbocycles. The topological polar surface area (TPSA) is 23.5 Å². The molecule has 1 fully saturated rings. The van der Waals surface area contributed by atoms with E-state index in [1.54, 1.807) is 0 Å². The van der Waals surface area contributed by atoms with Gasteiger partial charge in [0.1, 0.15) is 0 Å². The van der Waals surface area contributed by atoms with Gasteiger partial charge < -0.3 is 5.21 Å². The third-order valence-electron chi connectivity index (χ3n) is 2.67. The summed E-state index contributed by atoms with van der Waals surface area (Å²) in [6.07, 6.45) is 2.29. The van der Waals surface area contributed by atoms with E-state index >= 15 is 0 Å². The molecule has 1 atom stereocenters. The first-order valence-electron chi connectivity index (χ1n) is 4.85. The molecule has 1 unspecified atom stereocenters. The summed E-state index contributed by atoms with van der Waals surface area (Å²) in [5, 5.41) is 10.8. The molecule has 1 aliphatic heterocycles. The lowest BCUT2D eigenvalue weighted by atomic mass is 9.92. The van der Waals surface area contributed by atoms with Crippen molar-refractivity contribution in [3.8, 4) is 0 Å². The molecule has 70 valence electrons. The van der Waals surface area contributed by atoms with Crippen molar-refractivity contribution < 1.29 is 5.21 Å². The van der Waals surface area contributed by atoms with Gasteiger partial charge in [-0.15, -0.1) is 0 Å². The molecule has 0 aromatic heterocycles. The van der Waals surface area contributed by atoms with Gasteiger partial charge in [0.15, 0.2) is 0 Å². The second kappa shape index (κ2) is 3.90. The van der Waals surface area contributed by atoms with Crippen molar-refractivity contribution in [2.45, 2.75) is 18.8 Å². The second-order valence-electron chi connectivity index (χ2n) is 3.66. The van der Waals surface area contributed by atoms with E-state index in [-0.39, 0.29) is 0 Å². The Labute approximate surface area is 78.8 Å². The van der Waals surface area contributed by atoms with Gasteiger partial charge in [0.05, 0.1) is 0 Å². The molecule has 1 aromatic rings. The predicted molar refractivity (Wildman–Crippen MR) is 51.8 cm³/mol. The van der Waals surface area contributed by atoms with Crippen LogP contribution in [0.4, 0.5) is 0 Å². The lowest BCUT2D eigenvalue weighted by Crippen LogP contribution is -2.31. The molecule has 0 bridgehead atoms. The Morgan fingerprint density at radius 3 is 2.69 bits per heavy atom. The number of piperidine rings is 1. The highest BCUT2D eigenvalue weighted by Crippen LogP contribution is 2.25. The third-order valence-corrected chi connectivity index (χ3v) is 2.67. The highest BCUT2D eigenvalue weighted by molar-refractivity contribution is 5.20. The summed E-state index contributed by atoms with van der Waals surface area (Å²) in [6.45, 7) is 1.60. The Morgan fingerprint density at radius 2 is 2.00 bits per heavy atom. The van der Waals surface area contributed by atoms with Crippen LogP contribution in [0.15, 0.2) is 30.3 Å². The number of benzene rings is 1. The number of hydrogen-bond donors (Lipinski definition) is 1. The fourth-order valence-corrected chi connectivity index (χ4v) is 1.95. The van der Waals surface area contributed by atoms with Crippen molar-refractivity contribution in [3.63, 3.8) is 0 Å². The molecule has 1 N–H and O–H groups in total. The van der Waals surface area contributed by atoms with Gasteiger partial charge in [-0.2, -0.15) is 5.06 Å². The second-order valence-corrected chi connectivity index (χ2v) is 3.66. The molecule has 2 rings (SSSR count). The van der Waals surface area contributed by atoms with E-state index < -0.39 is 0 Å². The molecule has 0 spiro atoms. The van der Waals surface area contributed by atoms with Crippen molar-refractivity contribution in [1.82, 2.24) is 5.06 Å². The minimum Gasteiger partial charge on any atom is -0.314 e. The molecule has 0 amide bonds. The van der Waals surface area contributed by atoms with Crippen LogP contribution in [0.2, 0.25) is 0 Å². The zero-order chi connectivity index (χ0) is 9.10. The first kappa shape index (κ1) is 8.73. The molecule has 1 saturated heterocycles. The summed E-state index contributed by atoms with van der Waals surface area (Å²) in [5.41, 5.74) is 1.35. The van der Waals surface area contributed by atoms with E-state index in [1.165, 1.54) is 17.0 Å². The van der Waals surface area contributed by atoms with Gasteiger partial charge in [-0.05, 0) is 24.3 Å². The average molecular weight is 177 g/mol. The fourth-order valence-electron chi connectivity index (χ4n) is 1.95. The quantitative estimate of drug-likeness (QED) is 0.711. The highest BCUT2D eigenvalue weighted by atomic mass is 16.5. The highest BCUT2D eigenvalue weighted by Gasteiger charge is 2.19. The summed E-state index contributed by atoms with van der Waals surface area (Å²) in [5.74, 6) is 0.514. The van der Waals surface area contributed by atoms with Crippen LogP contribution in [-0.2, 0) is 0 Å². The van der Waals surface area contributed by atoms with Crippen LogP contribution in [0.5, 0.6) is 0 Å². The number of hydrogen-bond acceptors (Lipinski definition) is 2. The maximum atomic E-state index is 9.37. The van der Waals surface area contributed by atoms with Crippen LogP contribution < -0.4 is 0 Å². The summed E-state index contributed by atoms with van der Waals surface area (Å²) < 4.78 is 0. The largest absolute Gasteiger partial charge is 0.314 e. The third kappa shape index (κ3) is 2.08. The number of hydroxylamine groups is 2. The molecule has 2 nitrogen and oxygen atoms in total. The smallest absolute Gasteiger partial charge is 0.0307 e. The lowest BCUT2D eigenvalue weighted by Gasteiger charge is -2.28. The van der Waals surface area contributed by atoms with E-state index in [0.29, 0.717) is 5.92 Å². The van der Waals surface area contributed by atoms with Crippen molar-refractivity contribution in [2.24, 2.45) is 0 Å². The SMILES string of the molecule is ON1CCCC(c2ccccc2)C1. The monoisotopic (exact) mass is 177 g/mol. The Balaban J connectivity index is 2.08. The molecule has 1 aromatic carbocycles. The molecule has 13 heavy (non-hydrogen) atoms. The first-order chi connectivity index (χ1) is 6.36. The van der Waals surface area contributed by atoms with Crippen LogP contribution in [0, 0.1) is 0 Å². The van der Waals surface area contributed by atoms with E-state index in [9.17, 15) is 5.21 Å². The van der Waals surface area contributed by atoms with Crippen LogP contribution in [0.3, 0.4) is 0 Å². The molecule has 0 aliphatic carbocycles. The summed E-state index contributed by atoms with van der Waals surface area (Å²) in [7, 11) is 0. The molecule has 0 radical (unpaired) electrons. The summed E-state index contributed by atoms with van der Waals surface area (Å²) in [4.78, 5) is 0. The Morgan fingerprint density at radius 1 is 1.23 bits per heavy atom. The maximum absolute atomic E-state index is 9.37. The van der Waals surface area contributed by atoms with Gasteiger partial charge in [0.2, 0.25) is 0 Å². The Bertz CT molecular complexity index is 260. The van der Waals surface area contributed by atoms with Crippen molar-refractivity contribution in [3.05, 3.63) is 35.9 Å². The van der Waals surface area contributed by atoms with Gasteiger partial charge in [-0.25, -0.2) is 0 Å². The lowest BCUT2D eigenvalue weighted by molar-refractivity contribution is -0.108. The molecule has 1 aliphatic rings. The normalized spacial score (nSPS) is 24.5. The van der Waals surface area contributed by atoms with Crippen LogP contribution in [0.1, 0.15) is 24.3 Å². The summed E-state index contributed by atoms with van der Waals surface area (Å²) >= 11 is 0. The van der Waals surface area contributed by atoms with E-state index in [1.807, 2.05) is 6.07 Å². The maximum Gasteiger partial charge on any atom is 0.0307 e. The van der Waals surface area contributed by atoms with Gasteiger partial charge in [0, 0.05) is 13.1 Å². The fraction of sp³-hybridized carbons (Fsp3) is 0.455. The van der Waals surface area contributed by atoms with E-state index in [4.69, 9.17) is 0 Å². The first-order valence-corrected chi connectivity index (χ1v) is 4.85. The molecular formula is C11H15NO. The minimum absolute atomic E-state index is 0.514. The minimum atomic E-state index is 0.514. The van der Waals surface area contributed by atoms with Gasteiger partial charge >= 0.3 is 0 Å². The van der Waals surface area contributed by atoms with Gasteiger partial charge in [0.25, 0.3) is 0 Å². The van der Waals surface area contributed by atoms with Crippen LogP contribution in [0.25, 0.3) is 0 Å². The van der Waals surface area contributed by atoms with Gasteiger partial charge in [-0.3, -0.25) is 0 Å². The predicted octanol–water partition coefficient (Wildman–Crippen LogP) is 2.26. The average Bonchev–Trinajstić information content (AvgIpc) is 2.19. The van der Waals surface area contributed by atoms with Crippen molar-refractivity contribution in [1.29, 1.82) is 0 Å². The molecule has 2 heteroatoms. The van der Waals surface area contributed by atoms with Crippen molar-refractivity contribution >= 4 is 0 Å². The Kier molecular flexibility index (Phi) is 2.62. The standard InChI is InChI=1S/C11H15NO/c13-12-8-4-7-11(9-12)10-5-2-1-3-6-10/h1-3,5-6,11,13H,4,7-9H2. The van der Waals surface area contributed by atoms with E-state index in [0.717, 1.165) is 19.5 Å². The van der Waals surface area contributed by atoms with Crippen LogP contribution in [-0.4, -0.2) is 23.4 Å². The Hall–Kier alpha value is -0.860. The zero-order valence-electron chi connectivity index (χ0n) is 7.69. The summed E-state index contributed by atoms with van der Waals surface area (Å²) in [6, 6.07) is 10.4. The zero-order valence-corrected chi connectivity index (χ0v) is 7.69. The number of nitrogens with zero attached hydrogens (tertiary/aromatic N) is 1. The molecular weight excluding hydrogens is 162 g/mol. The van der Waals surface area contributed by atoms with Crippen molar-refractivity contribution in [2.75, 3.05) is 13.1 Å².